The Morgan fingerprint density at radius 1 is 1.39 bits per heavy atom. The second-order valence-electron chi connectivity index (χ2n) is 3.48. The van der Waals surface area contributed by atoms with Gasteiger partial charge in [0, 0.05) is 17.6 Å². The van der Waals surface area contributed by atoms with E-state index in [0.29, 0.717) is 11.0 Å². The van der Waals surface area contributed by atoms with E-state index in [0.717, 1.165) is 11.8 Å². The fraction of sp³-hybridized carbons (Fsp3) is 0.167. The third-order valence-electron chi connectivity index (χ3n) is 2.26. The lowest BCUT2D eigenvalue weighted by Crippen LogP contribution is -2.04. The van der Waals surface area contributed by atoms with E-state index in [1.807, 2.05) is 12.1 Å². The van der Waals surface area contributed by atoms with Crippen LogP contribution >= 0.6 is 11.6 Å². The number of nitrogens with one attached hydrogen (secondary N) is 1. The van der Waals surface area contributed by atoms with Gasteiger partial charge in [0.15, 0.2) is 0 Å². The molecular weight excluding hydrogens is 257 g/mol. The van der Waals surface area contributed by atoms with E-state index in [-0.39, 0.29) is 12.5 Å². The Balaban J connectivity index is 2.13. The molecule has 1 heterocycles. The molecule has 0 unspecified atom stereocenters. The van der Waals surface area contributed by atoms with Crippen LogP contribution in [0.25, 0.3) is 0 Å². The van der Waals surface area contributed by atoms with E-state index in [9.17, 15) is 4.39 Å². The van der Waals surface area contributed by atoms with Crippen LogP contribution in [0.1, 0.15) is 5.56 Å². The number of halogens is 2. The first kappa shape index (κ1) is 12.6. The molecule has 0 bridgehead atoms. The highest BCUT2D eigenvalue weighted by molar-refractivity contribution is 6.31. The number of rotatable bonds is 4. The van der Waals surface area contributed by atoms with E-state index in [1.165, 1.54) is 0 Å². The van der Waals surface area contributed by atoms with Crippen LogP contribution in [0.3, 0.4) is 0 Å². The molecule has 0 spiro atoms. The van der Waals surface area contributed by atoms with Gasteiger partial charge in [0.2, 0.25) is 11.8 Å². The van der Waals surface area contributed by atoms with Gasteiger partial charge >= 0.3 is 0 Å². The maximum Gasteiger partial charge on any atom is 0.255 e. The van der Waals surface area contributed by atoms with Crippen molar-refractivity contribution in [2.45, 2.75) is 6.61 Å². The normalized spacial score (nSPS) is 10.2. The first-order valence-corrected chi connectivity index (χ1v) is 5.65. The lowest BCUT2D eigenvalue weighted by Gasteiger charge is -2.08. The van der Waals surface area contributed by atoms with Crippen LogP contribution in [-0.2, 0) is 6.61 Å². The molecule has 2 rings (SSSR count). The molecule has 4 nitrogen and oxygen atoms in total. The predicted octanol–water partition coefficient (Wildman–Crippen LogP) is 2.89. The number of nitrogens with zero attached hydrogens (tertiary/aromatic N) is 2. The average molecular weight is 268 g/mol. The molecule has 0 aliphatic heterocycles. The Hall–Kier alpha value is -1.88. The van der Waals surface area contributed by atoms with Gasteiger partial charge in [0.25, 0.3) is 5.88 Å². The molecule has 1 N–H and O–H groups in total. The van der Waals surface area contributed by atoms with Crippen molar-refractivity contribution < 1.29 is 9.13 Å². The van der Waals surface area contributed by atoms with E-state index < -0.39 is 5.82 Å². The predicted molar refractivity (Wildman–Crippen MR) is 67.3 cm³/mol. The number of benzene rings is 1. The second-order valence-corrected chi connectivity index (χ2v) is 3.88. The van der Waals surface area contributed by atoms with E-state index in [1.54, 1.807) is 19.2 Å². The maximum absolute atomic E-state index is 13.4. The van der Waals surface area contributed by atoms with Crippen LogP contribution in [0.4, 0.5) is 10.3 Å². The molecule has 0 radical (unpaired) electrons. The van der Waals surface area contributed by atoms with Gasteiger partial charge in [0.05, 0.1) is 6.20 Å². The molecule has 0 aliphatic carbocycles. The van der Waals surface area contributed by atoms with Gasteiger partial charge in [-0.3, -0.25) is 0 Å². The smallest absolute Gasteiger partial charge is 0.255 e. The molecule has 2 aromatic rings. The third-order valence-corrected chi connectivity index (χ3v) is 2.63. The lowest BCUT2D eigenvalue weighted by molar-refractivity contribution is 0.277. The largest absolute Gasteiger partial charge is 0.471 e. The summed E-state index contributed by atoms with van der Waals surface area (Å²) >= 11 is 5.97. The quantitative estimate of drug-likeness (QED) is 0.925. The summed E-state index contributed by atoms with van der Waals surface area (Å²) in [5, 5.41) is 3.28. The minimum absolute atomic E-state index is 0.103. The molecule has 0 saturated carbocycles. The Labute approximate surface area is 109 Å². The second kappa shape index (κ2) is 5.64. The standard InChI is InChI=1S/C12H11ClFN3O/c1-15-12-16-6-10(14)11(17-12)18-7-8-4-2-3-5-9(8)13/h2-6H,7H2,1H3,(H,15,16,17). The average Bonchev–Trinajstić information content (AvgIpc) is 2.39. The number of anilines is 1. The highest BCUT2D eigenvalue weighted by atomic mass is 35.5. The van der Waals surface area contributed by atoms with Crippen molar-refractivity contribution in [2.75, 3.05) is 12.4 Å². The fourth-order valence-corrected chi connectivity index (χ4v) is 1.53. The topological polar surface area (TPSA) is 47.0 Å². The molecule has 0 atom stereocenters. The van der Waals surface area contributed by atoms with E-state index in [4.69, 9.17) is 16.3 Å². The van der Waals surface area contributed by atoms with Crippen molar-refractivity contribution in [1.82, 2.24) is 9.97 Å². The van der Waals surface area contributed by atoms with Crippen molar-refractivity contribution in [3.8, 4) is 5.88 Å². The lowest BCUT2D eigenvalue weighted by atomic mass is 10.2. The van der Waals surface area contributed by atoms with Crippen LogP contribution in [0.2, 0.25) is 5.02 Å². The third kappa shape index (κ3) is 2.87. The molecule has 0 fully saturated rings. The summed E-state index contributed by atoms with van der Waals surface area (Å²) in [5.74, 6) is -0.416. The van der Waals surface area contributed by atoms with Crippen molar-refractivity contribution in [3.05, 3.63) is 46.9 Å². The Morgan fingerprint density at radius 2 is 2.17 bits per heavy atom. The molecule has 1 aromatic carbocycles. The van der Waals surface area contributed by atoms with Crippen LogP contribution in [0.15, 0.2) is 30.5 Å². The summed E-state index contributed by atoms with van der Waals surface area (Å²) in [5.41, 5.74) is 0.767. The molecule has 1 aromatic heterocycles. The van der Waals surface area contributed by atoms with Crippen molar-refractivity contribution in [2.24, 2.45) is 0 Å². The van der Waals surface area contributed by atoms with Crippen LogP contribution in [0, 0.1) is 5.82 Å². The minimum Gasteiger partial charge on any atom is -0.471 e. The van der Waals surface area contributed by atoms with Crippen LogP contribution in [0.5, 0.6) is 5.88 Å². The SMILES string of the molecule is CNc1ncc(F)c(OCc2ccccc2Cl)n1. The number of ether oxygens (including phenoxy) is 1. The molecular formula is C12H11ClFN3O. The van der Waals surface area contributed by atoms with Crippen LogP contribution in [-0.4, -0.2) is 17.0 Å². The van der Waals surface area contributed by atoms with E-state index >= 15 is 0 Å². The van der Waals surface area contributed by atoms with Crippen molar-refractivity contribution in [1.29, 1.82) is 0 Å². The highest BCUT2D eigenvalue weighted by Crippen LogP contribution is 2.19. The number of aromatic nitrogens is 2. The molecule has 0 saturated heterocycles. The van der Waals surface area contributed by atoms with Gasteiger partial charge in [-0.1, -0.05) is 29.8 Å². The highest BCUT2D eigenvalue weighted by Gasteiger charge is 2.08. The summed E-state index contributed by atoms with van der Waals surface area (Å²) in [4.78, 5) is 7.60. The first-order chi connectivity index (χ1) is 8.70. The molecule has 94 valence electrons. The summed E-state index contributed by atoms with van der Waals surface area (Å²) in [6, 6.07) is 7.20. The van der Waals surface area contributed by atoms with Gasteiger partial charge in [-0.2, -0.15) is 9.37 Å². The Morgan fingerprint density at radius 3 is 2.89 bits per heavy atom. The van der Waals surface area contributed by atoms with Gasteiger partial charge < -0.3 is 10.1 Å². The van der Waals surface area contributed by atoms with Gasteiger partial charge in [-0.05, 0) is 6.07 Å². The van der Waals surface area contributed by atoms with E-state index in [2.05, 4.69) is 15.3 Å². The van der Waals surface area contributed by atoms with Gasteiger partial charge in [-0.25, -0.2) is 4.98 Å². The van der Waals surface area contributed by atoms with Crippen molar-refractivity contribution >= 4 is 17.5 Å². The fourth-order valence-electron chi connectivity index (χ4n) is 1.33. The molecule has 6 heteroatoms. The zero-order valence-electron chi connectivity index (χ0n) is 9.65. The first-order valence-electron chi connectivity index (χ1n) is 5.27. The zero-order chi connectivity index (χ0) is 13.0. The monoisotopic (exact) mass is 267 g/mol. The summed E-state index contributed by atoms with van der Waals surface area (Å²) < 4.78 is 18.7. The minimum atomic E-state index is -0.610. The molecule has 0 amide bonds. The molecule has 18 heavy (non-hydrogen) atoms. The van der Waals surface area contributed by atoms with Gasteiger partial charge in [-0.15, -0.1) is 0 Å². The maximum atomic E-state index is 13.4. The molecule has 0 aliphatic rings. The number of hydrogen-bond acceptors (Lipinski definition) is 4. The Kier molecular flexibility index (Phi) is 3.94. The Bertz CT molecular complexity index is 551. The zero-order valence-corrected chi connectivity index (χ0v) is 10.4. The van der Waals surface area contributed by atoms with Crippen molar-refractivity contribution in [3.63, 3.8) is 0 Å². The summed E-state index contributed by atoms with van der Waals surface area (Å²) in [6.07, 6.45) is 1.06. The van der Waals surface area contributed by atoms with Crippen LogP contribution < -0.4 is 10.1 Å². The van der Waals surface area contributed by atoms with Gasteiger partial charge in [0.1, 0.15) is 6.61 Å². The number of hydrogen-bond donors (Lipinski definition) is 1. The summed E-state index contributed by atoms with van der Waals surface area (Å²) in [7, 11) is 1.64. The summed E-state index contributed by atoms with van der Waals surface area (Å²) in [6.45, 7) is 0.150.